The molecule has 26 heavy (non-hydrogen) atoms. The van der Waals surface area contributed by atoms with Gasteiger partial charge in [0.05, 0.1) is 11.8 Å². The fourth-order valence-electron chi connectivity index (χ4n) is 2.95. The number of aromatic nitrogens is 1. The van der Waals surface area contributed by atoms with Crippen LogP contribution in [0.1, 0.15) is 68.4 Å². The summed E-state index contributed by atoms with van der Waals surface area (Å²) in [5, 5.41) is 10.3. The Morgan fingerprint density at radius 1 is 0.962 bits per heavy atom. The molecule has 0 saturated heterocycles. The van der Waals surface area contributed by atoms with Crippen LogP contribution in [0, 0.1) is 6.92 Å². The SMILES string of the molecule is CCCCCCC[C@@H](O)c1ccc(-c2ccc(C)cc2)nc1C(F)(F)F. The van der Waals surface area contributed by atoms with Crippen molar-refractivity contribution in [3.05, 3.63) is 53.2 Å². The predicted octanol–water partition coefficient (Wildman–Crippen LogP) is 6.47. The van der Waals surface area contributed by atoms with Crippen molar-refractivity contribution in [3.63, 3.8) is 0 Å². The molecule has 2 nitrogen and oxygen atoms in total. The lowest BCUT2D eigenvalue weighted by atomic mass is 9.99. The predicted molar refractivity (Wildman–Crippen MR) is 97.7 cm³/mol. The van der Waals surface area contributed by atoms with Crippen LogP contribution >= 0.6 is 0 Å². The number of pyridine rings is 1. The van der Waals surface area contributed by atoms with Crippen molar-refractivity contribution in [1.82, 2.24) is 4.98 Å². The van der Waals surface area contributed by atoms with Crippen molar-refractivity contribution < 1.29 is 18.3 Å². The molecule has 1 aromatic carbocycles. The fourth-order valence-corrected chi connectivity index (χ4v) is 2.95. The van der Waals surface area contributed by atoms with Crippen molar-refractivity contribution in [2.24, 2.45) is 0 Å². The van der Waals surface area contributed by atoms with Crippen LogP contribution in [0.4, 0.5) is 13.2 Å². The third-order valence-corrected chi connectivity index (χ3v) is 4.48. The van der Waals surface area contributed by atoms with Gasteiger partial charge in [-0.15, -0.1) is 0 Å². The molecule has 0 radical (unpaired) electrons. The highest BCUT2D eigenvalue weighted by atomic mass is 19.4. The van der Waals surface area contributed by atoms with E-state index in [1.54, 1.807) is 18.2 Å². The van der Waals surface area contributed by atoms with E-state index in [0.717, 1.165) is 31.2 Å². The van der Waals surface area contributed by atoms with Gasteiger partial charge in [-0.25, -0.2) is 4.98 Å². The summed E-state index contributed by atoms with van der Waals surface area (Å²) in [5.74, 6) is 0. The zero-order valence-corrected chi connectivity index (χ0v) is 15.3. The summed E-state index contributed by atoms with van der Waals surface area (Å²) in [4.78, 5) is 3.84. The molecule has 1 aromatic heterocycles. The molecule has 0 spiro atoms. The lowest BCUT2D eigenvalue weighted by molar-refractivity contribution is -0.142. The normalized spacial score (nSPS) is 13.0. The second-order valence-corrected chi connectivity index (χ2v) is 6.72. The monoisotopic (exact) mass is 365 g/mol. The second kappa shape index (κ2) is 9.17. The number of aryl methyl sites for hydroxylation is 1. The van der Waals surface area contributed by atoms with Gasteiger partial charge in [-0.2, -0.15) is 13.2 Å². The smallest absolute Gasteiger partial charge is 0.388 e. The van der Waals surface area contributed by atoms with E-state index in [0.29, 0.717) is 18.4 Å². The van der Waals surface area contributed by atoms with Crippen LogP contribution in [0.15, 0.2) is 36.4 Å². The highest BCUT2D eigenvalue weighted by Crippen LogP contribution is 2.36. The van der Waals surface area contributed by atoms with Gasteiger partial charge < -0.3 is 5.11 Å². The number of aliphatic hydroxyl groups excluding tert-OH is 1. The number of unbranched alkanes of at least 4 members (excludes halogenated alkanes) is 4. The zero-order valence-electron chi connectivity index (χ0n) is 15.3. The van der Waals surface area contributed by atoms with Crippen LogP contribution in [-0.4, -0.2) is 10.1 Å². The topological polar surface area (TPSA) is 33.1 Å². The molecule has 0 unspecified atom stereocenters. The molecule has 1 N–H and O–H groups in total. The van der Waals surface area contributed by atoms with E-state index in [-0.39, 0.29) is 11.3 Å². The Hall–Kier alpha value is -1.88. The Kier molecular flexibility index (Phi) is 7.21. The third-order valence-electron chi connectivity index (χ3n) is 4.48. The molecule has 1 heterocycles. The van der Waals surface area contributed by atoms with E-state index in [4.69, 9.17) is 0 Å². The van der Waals surface area contributed by atoms with Crippen molar-refractivity contribution in [2.45, 2.75) is 64.7 Å². The average molecular weight is 365 g/mol. The first-order valence-electron chi connectivity index (χ1n) is 9.16. The molecule has 0 amide bonds. The Balaban J connectivity index is 2.22. The number of hydrogen-bond donors (Lipinski definition) is 1. The summed E-state index contributed by atoms with van der Waals surface area (Å²) in [6.45, 7) is 4.02. The van der Waals surface area contributed by atoms with Gasteiger partial charge in [0.15, 0.2) is 5.69 Å². The molecule has 0 aliphatic heterocycles. The van der Waals surface area contributed by atoms with Crippen LogP contribution in [0.3, 0.4) is 0 Å². The largest absolute Gasteiger partial charge is 0.433 e. The van der Waals surface area contributed by atoms with Crippen LogP contribution in [0.25, 0.3) is 11.3 Å². The first-order valence-corrected chi connectivity index (χ1v) is 9.16. The van der Waals surface area contributed by atoms with Gasteiger partial charge in [-0.05, 0) is 19.4 Å². The van der Waals surface area contributed by atoms with Gasteiger partial charge in [0, 0.05) is 11.1 Å². The van der Waals surface area contributed by atoms with Gasteiger partial charge in [0.2, 0.25) is 0 Å². The molecule has 0 bridgehead atoms. The first kappa shape index (κ1) is 20.4. The maximum Gasteiger partial charge on any atom is 0.433 e. The highest BCUT2D eigenvalue weighted by molar-refractivity contribution is 5.60. The van der Waals surface area contributed by atoms with Crippen LogP contribution in [0.5, 0.6) is 0 Å². The van der Waals surface area contributed by atoms with Crippen molar-refractivity contribution in [2.75, 3.05) is 0 Å². The number of hydrogen-bond acceptors (Lipinski definition) is 2. The van der Waals surface area contributed by atoms with Gasteiger partial charge in [0.25, 0.3) is 0 Å². The molecule has 0 aliphatic carbocycles. The Morgan fingerprint density at radius 3 is 2.23 bits per heavy atom. The standard InChI is InChI=1S/C21H26F3NO/c1-3-4-5-6-7-8-19(26)17-13-14-18(25-20(17)21(22,23)24)16-11-9-15(2)10-12-16/h9-14,19,26H,3-8H2,1-2H3/t19-/m1/s1. The average Bonchev–Trinajstić information content (AvgIpc) is 2.61. The minimum absolute atomic E-state index is 0.135. The first-order chi connectivity index (χ1) is 12.3. The van der Waals surface area contributed by atoms with Gasteiger partial charge in [-0.3, -0.25) is 0 Å². The maximum atomic E-state index is 13.5. The summed E-state index contributed by atoms with van der Waals surface area (Å²) >= 11 is 0. The number of rotatable bonds is 8. The molecule has 1 atom stereocenters. The fraction of sp³-hybridized carbons (Fsp3) is 0.476. The lowest BCUT2D eigenvalue weighted by Crippen LogP contribution is -2.15. The van der Waals surface area contributed by atoms with Crippen LogP contribution in [0.2, 0.25) is 0 Å². The van der Waals surface area contributed by atoms with E-state index in [1.165, 1.54) is 6.07 Å². The second-order valence-electron chi connectivity index (χ2n) is 6.72. The lowest BCUT2D eigenvalue weighted by Gasteiger charge is -2.18. The molecule has 142 valence electrons. The number of nitrogens with zero attached hydrogens (tertiary/aromatic N) is 1. The molecular formula is C21H26F3NO. The Morgan fingerprint density at radius 2 is 1.62 bits per heavy atom. The van der Waals surface area contributed by atoms with Crippen LogP contribution in [-0.2, 0) is 6.18 Å². The molecule has 0 aliphatic rings. The number of halogens is 3. The molecule has 5 heteroatoms. The number of benzene rings is 1. The van der Waals surface area contributed by atoms with Crippen LogP contribution < -0.4 is 0 Å². The molecular weight excluding hydrogens is 339 g/mol. The number of aliphatic hydroxyl groups is 1. The minimum atomic E-state index is -4.60. The summed E-state index contributed by atoms with van der Waals surface area (Å²) in [6.07, 6.45) is -0.550. The molecule has 0 saturated carbocycles. The Bertz CT molecular complexity index is 695. The van der Waals surface area contributed by atoms with E-state index in [9.17, 15) is 18.3 Å². The minimum Gasteiger partial charge on any atom is -0.388 e. The maximum absolute atomic E-state index is 13.5. The van der Waals surface area contributed by atoms with E-state index in [1.807, 2.05) is 19.1 Å². The zero-order chi connectivity index (χ0) is 19.2. The van der Waals surface area contributed by atoms with E-state index >= 15 is 0 Å². The van der Waals surface area contributed by atoms with E-state index < -0.39 is 18.0 Å². The summed E-state index contributed by atoms with van der Waals surface area (Å²) in [6, 6.07) is 10.1. The summed E-state index contributed by atoms with van der Waals surface area (Å²) in [7, 11) is 0. The summed E-state index contributed by atoms with van der Waals surface area (Å²) in [5.41, 5.74) is 0.790. The van der Waals surface area contributed by atoms with Gasteiger partial charge >= 0.3 is 6.18 Å². The number of alkyl halides is 3. The van der Waals surface area contributed by atoms with Crippen molar-refractivity contribution >= 4 is 0 Å². The van der Waals surface area contributed by atoms with E-state index in [2.05, 4.69) is 11.9 Å². The van der Waals surface area contributed by atoms with Crippen molar-refractivity contribution in [3.8, 4) is 11.3 Å². The van der Waals surface area contributed by atoms with Crippen molar-refractivity contribution in [1.29, 1.82) is 0 Å². The molecule has 0 fully saturated rings. The quantitative estimate of drug-likeness (QED) is 0.544. The van der Waals surface area contributed by atoms with Gasteiger partial charge in [-0.1, -0.05) is 74.9 Å². The molecule has 2 rings (SSSR count). The molecule has 2 aromatic rings. The van der Waals surface area contributed by atoms with Gasteiger partial charge in [0.1, 0.15) is 0 Å². The highest BCUT2D eigenvalue weighted by Gasteiger charge is 2.37. The third kappa shape index (κ3) is 5.56. The Labute approximate surface area is 153 Å². The summed E-state index contributed by atoms with van der Waals surface area (Å²) < 4.78 is 40.5.